The maximum atomic E-state index is 13.4. The van der Waals surface area contributed by atoms with Crippen LogP contribution in [0.2, 0.25) is 5.02 Å². The zero-order chi connectivity index (χ0) is 18.4. The lowest BCUT2D eigenvalue weighted by atomic mass is 10.1. The molecule has 3 nitrogen and oxygen atoms in total. The smallest absolute Gasteiger partial charge is 0.162 e. The third-order valence-corrected chi connectivity index (χ3v) is 4.10. The van der Waals surface area contributed by atoms with Crippen molar-refractivity contribution in [3.05, 3.63) is 83.1 Å². The topological polar surface area (TPSA) is 44.5 Å². The number of halogens is 3. The molecule has 0 bridgehead atoms. The van der Waals surface area contributed by atoms with E-state index in [9.17, 15) is 4.39 Å². The molecule has 0 aliphatic rings. The Hall–Kier alpha value is -2.27. The summed E-state index contributed by atoms with van der Waals surface area (Å²) in [7, 11) is 0. The van der Waals surface area contributed by atoms with E-state index in [4.69, 9.17) is 26.8 Å². The number of benzene rings is 3. The Kier molecular flexibility index (Phi) is 7.92. The SMILES string of the molecule is Cl.NCCOc1ccc(-c2ccc(F)c(Cl)c2)cc1OCc1ccccc1. The van der Waals surface area contributed by atoms with Gasteiger partial charge >= 0.3 is 0 Å². The minimum absolute atomic E-state index is 0. The van der Waals surface area contributed by atoms with Crippen molar-refractivity contribution in [3.8, 4) is 22.6 Å². The normalized spacial score (nSPS) is 10.2. The molecule has 0 aliphatic heterocycles. The van der Waals surface area contributed by atoms with E-state index in [1.54, 1.807) is 12.1 Å². The average molecular weight is 408 g/mol. The van der Waals surface area contributed by atoms with Crippen molar-refractivity contribution >= 4 is 24.0 Å². The Morgan fingerprint density at radius 2 is 1.56 bits per heavy atom. The second-order valence-electron chi connectivity index (χ2n) is 5.70. The summed E-state index contributed by atoms with van der Waals surface area (Å²) >= 11 is 5.90. The van der Waals surface area contributed by atoms with Gasteiger partial charge in [-0.25, -0.2) is 4.39 Å². The molecule has 0 aromatic heterocycles. The molecule has 2 N–H and O–H groups in total. The molecule has 27 heavy (non-hydrogen) atoms. The minimum Gasteiger partial charge on any atom is -0.488 e. The van der Waals surface area contributed by atoms with Gasteiger partial charge in [0.15, 0.2) is 11.5 Å². The van der Waals surface area contributed by atoms with E-state index in [1.807, 2.05) is 48.5 Å². The molecule has 0 spiro atoms. The highest BCUT2D eigenvalue weighted by Gasteiger charge is 2.10. The molecular weight excluding hydrogens is 388 g/mol. The highest BCUT2D eigenvalue weighted by Crippen LogP contribution is 2.34. The fraction of sp³-hybridized carbons (Fsp3) is 0.143. The van der Waals surface area contributed by atoms with Gasteiger partial charge in [0, 0.05) is 6.54 Å². The summed E-state index contributed by atoms with van der Waals surface area (Å²) in [5.41, 5.74) is 8.23. The molecule has 0 saturated heterocycles. The van der Waals surface area contributed by atoms with Gasteiger partial charge in [-0.05, 0) is 41.0 Å². The van der Waals surface area contributed by atoms with E-state index in [0.717, 1.165) is 16.7 Å². The maximum absolute atomic E-state index is 13.4. The summed E-state index contributed by atoms with van der Waals surface area (Å²) in [6.45, 7) is 1.21. The van der Waals surface area contributed by atoms with Crippen LogP contribution in [0.25, 0.3) is 11.1 Å². The van der Waals surface area contributed by atoms with Gasteiger partial charge in [0.1, 0.15) is 19.0 Å². The third-order valence-electron chi connectivity index (χ3n) is 3.81. The van der Waals surface area contributed by atoms with Crippen molar-refractivity contribution in [2.75, 3.05) is 13.2 Å². The Morgan fingerprint density at radius 1 is 0.852 bits per heavy atom. The van der Waals surface area contributed by atoms with Gasteiger partial charge in [-0.15, -0.1) is 12.4 Å². The largest absolute Gasteiger partial charge is 0.488 e. The molecule has 0 saturated carbocycles. The second kappa shape index (κ2) is 10.2. The summed E-state index contributed by atoms with van der Waals surface area (Å²) in [6.07, 6.45) is 0. The molecule has 0 heterocycles. The molecule has 3 aromatic carbocycles. The Labute approximate surface area is 169 Å². The first-order valence-corrected chi connectivity index (χ1v) is 8.64. The standard InChI is InChI=1S/C21H19ClFNO2.ClH/c22-18-12-16(6-8-19(18)23)17-7-9-20(25-11-10-24)21(13-17)26-14-15-4-2-1-3-5-15;/h1-9,12-13H,10-11,14,24H2;1H. The highest BCUT2D eigenvalue weighted by molar-refractivity contribution is 6.31. The van der Waals surface area contributed by atoms with E-state index in [-0.39, 0.29) is 17.4 Å². The van der Waals surface area contributed by atoms with Gasteiger partial charge in [-0.1, -0.05) is 54.1 Å². The fourth-order valence-corrected chi connectivity index (χ4v) is 2.68. The van der Waals surface area contributed by atoms with Crippen molar-refractivity contribution in [1.29, 1.82) is 0 Å². The van der Waals surface area contributed by atoms with Crippen molar-refractivity contribution in [2.24, 2.45) is 5.73 Å². The molecule has 0 atom stereocenters. The van der Waals surface area contributed by atoms with Crippen molar-refractivity contribution in [3.63, 3.8) is 0 Å². The van der Waals surface area contributed by atoms with Crippen LogP contribution >= 0.6 is 24.0 Å². The third kappa shape index (κ3) is 5.60. The molecule has 142 valence electrons. The van der Waals surface area contributed by atoms with Gasteiger partial charge < -0.3 is 15.2 Å². The van der Waals surface area contributed by atoms with Crippen LogP contribution in [0.4, 0.5) is 4.39 Å². The van der Waals surface area contributed by atoms with E-state index in [1.165, 1.54) is 6.07 Å². The molecule has 0 radical (unpaired) electrons. The molecule has 0 fully saturated rings. The Balaban J connectivity index is 0.00000261. The molecule has 3 aromatic rings. The van der Waals surface area contributed by atoms with Crippen LogP contribution in [0.1, 0.15) is 5.56 Å². The lowest BCUT2D eigenvalue weighted by molar-refractivity contribution is 0.266. The van der Waals surface area contributed by atoms with Gasteiger partial charge in [0.25, 0.3) is 0 Å². The molecule has 3 rings (SSSR count). The average Bonchev–Trinajstić information content (AvgIpc) is 2.68. The van der Waals surface area contributed by atoms with Crippen LogP contribution in [0.5, 0.6) is 11.5 Å². The van der Waals surface area contributed by atoms with Crippen LogP contribution in [0.3, 0.4) is 0 Å². The number of ether oxygens (including phenoxy) is 2. The van der Waals surface area contributed by atoms with Gasteiger partial charge in [0.05, 0.1) is 5.02 Å². The maximum Gasteiger partial charge on any atom is 0.162 e. The second-order valence-corrected chi connectivity index (χ2v) is 6.11. The lowest BCUT2D eigenvalue weighted by Crippen LogP contribution is -2.11. The van der Waals surface area contributed by atoms with Crippen LogP contribution in [0.15, 0.2) is 66.7 Å². The number of hydrogen-bond acceptors (Lipinski definition) is 3. The summed E-state index contributed by atoms with van der Waals surface area (Å²) in [5.74, 6) is 0.766. The van der Waals surface area contributed by atoms with Crippen LogP contribution in [0, 0.1) is 5.82 Å². The van der Waals surface area contributed by atoms with Gasteiger partial charge in [0.2, 0.25) is 0 Å². The fourth-order valence-electron chi connectivity index (χ4n) is 2.50. The number of nitrogens with two attached hydrogens (primary N) is 1. The zero-order valence-corrected chi connectivity index (χ0v) is 16.1. The first kappa shape index (κ1) is 21.0. The molecule has 6 heteroatoms. The number of hydrogen-bond donors (Lipinski definition) is 1. The molecule has 0 amide bonds. The molecule has 0 aliphatic carbocycles. The highest BCUT2D eigenvalue weighted by atomic mass is 35.5. The summed E-state index contributed by atoms with van der Waals surface area (Å²) < 4.78 is 25.1. The van der Waals surface area contributed by atoms with Gasteiger partial charge in [-0.3, -0.25) is 0 Å². The van der Waals surface area contributed by atoms with E-state index in [2.05, 4.69) is 0 Å². The summed E-state index contributed by atoms with van der Waals surface area (Å²) in [5, 5.41) is 0.0812. The predicted octanol–water partition coefficient (Wildman–Crippen LogP) is 5.48. The van der Waals surface area contributed by atoms with E-state index < -0.39 is 5.82 Å². The minimum atomic E-state index is -0.445. The van der Waals surface area contributed by atoms with Crippen molar-refractivity contribution < 1.29 is 13.9 Å². The van der Waals surface area contributed by atoms with E-state index in [0.29, 0.717) is 31.3 Å². The number of rotatable bonds is 7. The van der Waals surface area contributed by atoms with Crippen molar-refractivity contribution in [2.45, 2.75) is 6.61 Å². The lowest BCUT2D eigenvalue weighted by Gasteiger charge is -2.14. The monoisotopic (exact) mass is 407 g/mol. The zero-order valence-electron chi connectivity index (χ0n) is 14.5. The first-order valence-electron chi connectivity index (χ1n) is 8.26. The van der Waals surface area contributed by atoms with Crippen LogP contribution in [-0.2, 0) is 6.61 Å². The van der Waals surface area contributed by atoms with Gasteiger partial charge in [-0.2, -0.15) is 0 Å². The quantitative estimate of drug-likeness (QED) is 0.563. The Morgan fingerprint density at radius 3 is 2.26 bits per heavy atom. The predicted molar refractivity (Wildman–Crippen MR) is 109 cm³/mol. The Bertz CT molecular complexity index is 875. The molecule has 0 unspecified atom stereocenters. The first-order chi connectivity index (χ1) is 12.7. The van der Waals surface area contributed by atoms with Crippen molar-refractivity contribution in [1.82, 2.24) is 0 Å². The van der Waals surface area contributed by atoms with Crippen LogP contribution < -0.4 is 15.2 Å². The van der Waals surface area contributed by atoms with E-state index >= 15 is 0 Å². The summed E-state index contributed by atoms with van der Waals surface area (Å²) in [4.78, 5) is 0. The summed E-state index contributed by atoms with van der Waals surface area (Å²) in [6, 6.07) is 20.0. The van der Waals surface area contributed by atoms with Crippen LogP contribution in [-0.4, -0.2) is 13.2 Å². The molecular formula is C21H20Cl2FNO2.